The van der Waals surface area contributed by atoms with Gasteiger partial charge in [0.2, 0.25) is 0 Å². The minimum absolute atomic E-state index is 0.203. The molecule has 0 aromatic rings. The fourth-order valence-electron chi connectivity index (χ4n) is 0.798. The number of aliphatic hydroxyl groups excluding tert-OH is 1. The monoisotopic (exact) mass is 195 g/mol. The van der Waals surface area contributed by atoms with Crippen LogP contribution in [-0.4, -0.2) is 25.0 Å². The molecule has 0 saturated carbocycles. The molecule has 0 aliphatic carbocycles. The molecule has 0 aliphatic rings. The summed E-state index contributed by atoms with van der Waals surface area (Å²) in [4.78, 5) is 10.5. The maximum atomic E-state index is 10.5. The molecule has 0 bridgehead atoms. The molecule has 1 N–H and O–H groups in total. The second kappa shape index (κ2) is 6.61. The van der Waals surface area contributed by atoms with Crippen molar-refractivity contribution in [1.29, 1.82) is 0 Å². The van der Waals surface area contributed by atoms with Gasteiger partial charge in [0, 0.05) is 13.3 Å². The van der Waals surface area contributed by atoms with Gasteiger partial charge in [-0.25, -0.2) is 0 Å². The summed E-state index contributed by atoms with van der Waals surface area (Å²) in [6, 6.07) is 0. The Morgan fingerprint density at radius 3 is 2.42 bits per heavy atom. The van der Waals surface area contributed by atoms with Gasteiger partial charge < -0.3 is 19.1 Å². The highest BCUT2D eigenvalue weighted by molar-refractivity contribution is 7.50. The van der Waals surface area contributed by atoms with E-state index in [4.69, 9.17) is 5.11 Å². The van der Waals surface area contributed by atoms with Crippen LogP contribution in [0.5, 0.6) is 0 Å². The van der Waals surface area contributed by atoms with Crippen molar-refractivity contribution in [2.24, 2.45) is 0 Å². The van der Waals surface area contributed by atoms with Crippen molar-refractivity contribution in [1.82, 2.24) is 0 Å². The van der Waals surface area contributed by atoms with Crippen LogP contribution < -0.4 is 4.89 Å². The number of rotatable bonds is 7. The van der Waals surface area contributed by atoms with Crippen molar-refractivity contribution < 1.29 is 19.1 Å². The fourth-order valence-corrected chi connectivity index (χ4v) is 1.26. The number of hydrogen-bond acceptors (Lipinski definition) is 4. The normalized spacial score (nSPS) is 15.9. The van der Waals surface area contributed by atoms with Gasteiger partial charge in [0.1, 0.15) is 7.60 Å². The molecule has 1 unspecified atom stereocenters. The second-order valence-corrected chi connectivity index (χ2v) is 4.54. The molecule has 0 spiro atoms. The Balaban J connectivity index is 3.06. The van der Waals surface area contributed by atoms with E-state index < -0.39 is 7.60 Å². The Morgan fingerprint density at radius 2 is 1.92 bits per heavy atom. The molecule has 1 atom stereocenters. The maximum absolute atomic E-state index is 10.5. The van der Waals surface area contributed by atoms with Crippen molar-refractivity contribution in [2.75, 3.05) is 19.9 Å². The summed E-state index contributed by atoms with van der Waals surface area (Å²) in [6.07, 6.45) is 3.34. The van der Waals surface area contributed by atoms with Gasteiger partial charge >= 0.3 is 0 Å². The summed E-state index contributed by atoms with van der Waals surface area (Å²) in [5, 5.41) is 8.43. The first-order valence-corrected chi connectivity index (χ1v) is 6.09. The van der Waals surface area contributed by atoms with Crippen LogP contribution in [0.15, 0.2) is 0 Å². The third kappa shape index (κ3) is 10.1. The lowest BCUT2D eigenvalue weighted by molar-refractivity contribution is -0.196. The summed E-state index contributed by atoms with van der Waals surface area (Å²) in [7, 11) is -3.52. The molecule has 0 saturated heterocycles. The highest BCUT2D eigenvalue weighted by Crippen LogP contribution is 2.30. The molecule has 0 amide bonds. The van der Waals surface area contributed by atoms with Crippen LogP contribution in [0, 0.1) is 0 Å². The first kappa shape index (κ1) is 12.1. The molecule has 0 aliphatic heterocycles. The lowest BCUT2D eigenvalue weighted by Gasteiger charge is -2.17. The highest BCUT2D eigenvalue weighted by Gasteiger charge is 1.97. The maximum Gasteiger partial charge on any atom is 0.131 e. The van der Waals surface area contributed by atoms with Crippen LogP contribution >= 0.6 is 7.60 Å². The predicted molar refractivity (Wildman–Crippen MR) is 45.0 cm³/mol. The van der Waals surface area contributed by atoms with Gasteiger partial charge in [-0.05, 0) is 12.8 Å². The summed E-state index contributed by atoms with van der Waals surface area (Å²) in [5.41, 5.74) is 0. The second-order valence-electron chi connectivity index (χ2n) is 2.74. The zero-order valence-electron chi connectivity index (χ0n) is 7.36. The largest absolute Gasteiger partial charge is 0.779 e. The summed E-state index contributed by atoms with van der Waals surface area (Å²) >= 11 is 0. The lowest BCUT2D eigenvalue weighted by atomic mass is 10.2. The van der Waals surface area contributed by atoms with Gasteiger partial charge in [-0.2, -0.15) is 0 Å². The zero-order chi connectivity index (χ0) is 9.45. The Kier molecular flexibility index (Phi) is 6.67. The van der Waals surface area contributed by atoms with Crippen molar-refractivity contribution in [3.63, 3.8) is 0 Å². The summed E-state index contributed by atoms with van der Waals surface area (Å²) in [5.74, 6) is 0. The van der Waals surface area contributed by atoms with Gasteiger partial charge in [0.25, 0.3) is 0 Å². The van der Waals surface area contributed by atoms with Crippen LogP contribution in [-0.2, 0) is 9.09 Å². The van der Waals surface area contributed by atoms with E-state index in [9.17, 15) is 9.46 Å². The van der Waals surface area contributed by atoms with Crippen LogP contribution in [0.2, 0.25) is 0 Å². The minimum atomic E-state index is -3.52. The zero-order valence-corrected chi connectivity index (χ0v) is 8.26. The van der Waals surface area contributed by atoms with Crippen LogP contribution in [0.1, 0.15) is 25.7 Å². The lowest BCUT2D eigenvalue weighted by Crippen LogP contribution is -2.03. The third-order valence-electron chi connectivity index (χ3n) is 1.38. The Morgan fingerprint density at radius 1 is 1.33 bits per heavy atom. The van der Waals surface area contributed by atoms with Crippen LogP contribution in [0.25, 0.3) is 0 Å². The number of unbranched alkanes of at least 4 members (excludes halogenated alkanes) is 3. The fraction of sp³-hybridized carbons (Fsp3) is 1.00. The van der Waals surface area contributed by atoms with Crippen molar-refractivity contribution in [2.45, 2.75) is 25.7 Å². The molecular formula is C7H16O4P-. The molecule has 0 radical (unpaired) electrons. The molecule has 0 aromatic heterocycles. The van der Waals surface area contributed by atoms with Crippen molar-refractivity contribution in [3.8, 4) is 0 Å². The minimum Gasteiger partial charge on any atom is -0.779 e. The highest BCUT2D eigenvalue weighted by atomic mass is 31.2. The first-order chi connectivity index (χ1) is 5.56. The third-order valence-corrected chi connectivity index (χ3v) is 2.03. The van der Waals surface area contributed by atoms with Crippen molar-refractivity contribution in [3.05, 3.63) is 0 Å². The predicted octanol–water partition coefficient (Wildman–Crippen LogP) is 0.739. The Labute approximate surface area is 73.1 Å². The van der Waals surface area contributed by atoms with Gasteiger partial charge in [-0.15, -0.1) is 0 Å². The van der Waals surface area contributed by atoms with E-state index in [0.717, 1.165) is 32.3 Å². The SMILES string of the molecule is CP(=O)([O-])OCCCCCCO. The van der Waals surface area contributed by atoms with Crippen LogP contribution in [0.3, 0.4) is 0 Å². The average molecular weight is 195 g/mol. The van der Waals surface area contributed by atoms with E-state index in [1.54, 1.807) is 0 Å². The molecule has 4 nitrogen and oxygen atoms in total. The molecule has 12 heavy (non-hydrogen) atoms. The van der Waals surface area contributed by atoms with E-state index in [1.165, 1.54) is 0 Å². The molecule has 0 fully saturated rings. The molecule has 5 heteroatoms. The van der Waals surface area contributed by atoms with Gasteiger partial charge in [0.15, 0.2) is 0 Å². The Hall–Kier alpha value is 0.110. The Bertz CT molecular complexity index is 142. The number of aliphatic hydroxyl groups is 1. The van der Waals surface area contributed by atoms with E-state index in [-0.39, 0.29) is 13.2 Å². The van der Waals surface area contributed by atoms with E-state index >= 15 is 0 Å². The van der Waals surface area contributed by atoms with E-state index in [0.29, 0.717) is 0 Å². The molecule has 0 aromatic carbocycles. The van der Waals surface area contributed by atoms with Gasteiger partial charge in [-0.3, -0.25) is 0 Å². The van der Waals surface area contributed by atoms with E-state index in [1.807, 2.05) is 0 Å². The summed E-state index contributed by atoms with van der Waals surface area (Å²) < 4.78 is 15.0. The van der Waals surface area contributed by atoms with Gasteiger partial charge in [-0.1, -0.05) is 12.8 Å². The van der Waals surface area contributed by atoms with Crippen LogP contribution in [0.4, 0.5) is 0 Å². The molecule has 0 heterocycles. The van der Waals surface area contributed by atoms with Gasteiger partial charge in [0.05, 0.1) is 6.61 Å². The quantitative estimate of drug-likeness (QED) is 0.480. The summed E-state index contributed by atoms with van der Waals surface area (Å²) in [6.45, 7) is 1.54. The number of hydrogen-bond donors (Lipinski definition) is 1. The molecule has 74 valence electrons. The average Bonchev–Trinajstić information content (AvgIpc) is 1.94. The van der Waals surface area contributed by atoms with E-state index in [2.05, 4.69) is 4.52 Å². The topological polar surface area (TPSA) is 69.6 Å². The van der Waals surface area contributed by atoms with Crippen molar-refractivity contribution >= 4 is 7.60 Å². The standard InChI is InChI=1S/C7H17O4P/c1-12(9,10)11-7-5-3-2-4-6-8/h8H,2-7H2,1H3,(H,9,10)/p-1. The smallest absolute Gasteiger partial charge is 0.131 e. The molecule has 0 rings (SSSR count). The molecular weight excluding hydrogens is 179 g/mol. The first-order valence-electron chi connectivity index (χ1n) is 4.10.